The maximum Gasteiger partial charge on any atom is 0.295 e. The van der Waals surface area contributed by atoms with Gasteiger partial charge in [0, 0.05) is 18.7 Å². The van der Waals surface area contributed by atoms with Crippen molar-refractivity contribution >= 4 is 17.4 Å². The van der Waals surface area contributed by atoms with Crippen LogP contribution in [-0.4, -0.2) is 71.6 Å². The standard InChI is InChI=1S/C28H36N2O6/c1-5-8-17-36-21-12-9-19(10-13-21)26(32)24-25(20-11-14-22(31)23(18-20)35-4)30(28(34)27(24)33)16-15-29(6-2)7-3/h9-14,18,25,31-32H,5-8,15-17H2,1-4H3/b26-24+. The van der Waals surface area contributed by atoms with Gasteiger partial charge in [0.1, 0.15) is 11.5 Å². The van der Waals surface area contributed by atoms with E-state index in [2.05, 4.69) is 11.8 Å². The number of nitrogens with zero attached hydrogens (tertiary/aromatic N) is 2. The minimum absolute atomic E-state index is 0.00643. The summed E-state index contributed by atoms with van der Waals surface area (Å²) in [7, 11) is 1.43. The van der Waals surface area contributed by atoms with Crippen LogP contribution in [0.25, 0.3) is 5.76 Å². The molecule has 0 radical (unpaired) electrons. The van der Waals surface area contributed by atoms with Crippen molar-refractivity contribution in [1.82, 2.24) is 9.80 Å². The van der Waals surface area contributed by atoms with Gasteiger partial charge in [-0.15, -0.1) is 0 Å². The van der Waals surface area contributed by atoms with E-state index in [-0.39, 0.29) is 22.8 Å². The third kappa shape index (κ3) is 5.82. The second-order valence-corrected chi connectivity index (χ2v) is 8.68. The lowest BCUT2D eigenvalue weighted by molar-refractivity contribution is -0.140. The van der Waals surface area contributed by atoms with Crippen LogP contribution in [0.5, 0.6) is 17.2 Å². The number of Topliss-reactive ketones (excluding diaryl/α,β-unsaturated/α-hetero) is 1. The van der Waals surface area contributed by atoms with Crippen molar-refractivity contribution in [1.29, 1.82) is 0 Å². The number of methoxy groups -OCH3 is 1. The van der Waals surface area contributed by atoms with E-state index in [1.54, 1.807) is 36.4 Å². The van der Waals surface area contributed by atoms with E-state index >= 15 is 0 Å². The minimum Gasteiger partial charge on any atom is -0.507 e. The van der Waals surface area contributed by atoms with E-state index in [1.807, 2.05) is 13.8 Å². The number of phenols is 1. The van der Waals surface area contributed by atoms with Crippen LogP contribution in [0.1, 0.15) is 50.8 Å². The first-order valence-electron chi connectivity index (χ1n) is 12.5. The van der Waals surface area contributed by atoms with Gasteiger partial charge in [-0.25, -0.2) is 0 Å². The summed E-state index contributed by atoms with van der Waals surface area (Å²) >= 11 is 0. The van der Waals surface area contributed by atoms with E-state index in [0.29, 0.717) is 36.6 Å². The Labute approximate surface area is 212 Å². The maximum absolute atomic E-state index is 13.2. The molecule has 8 nitrogen and oxygen atoms in total. The molecule has 0 aromatic heterocycles. The molecule has 0 spiro atoms. The summed E-state index contributed by atoms with van der Waals surface area (Å²) in [5.74, 6) is -0.835. The second kappa shape index (κ2) is 12.4. The Bertz CT molecular complexity index is 1090. The van der Waals surface area contributed by atoms with Crippen LogP contribution in [0.4, 0.5) is 0 Å². The summed E-state index contributed by atoms with van der Waals surface area (Å²) < 4.78 is 11.0. The molecule has 8 heteroatoms. The zero-order chi connectivity index (χ0) is 26.2. The highest BCUT2D eigenvalue weighted by atomic mass is 16.5. The summed E-state index contributed by atoms with van der Waals surface area (Å²) in [6.45, 7) is 9.27. The number of hydrogen-bond donors (Lipinski definition) is 2. The predicted molar refractivity (Wildman–Crippen MR) is 138 cm³/mol. The van der Waals surface area contributed by atoms with Gasteiger partial charge in [0.25, 0.3) is 11.7 Å². The molecule has 1 aliphatic rings. The lowest BCUT2D eigenvalue weighted by Crippen LogP contribution is -2.38. The number of likely N-dealkylation sites (N-methyl/N-ethyl adjacent to an activating group) is 1. The number of carbonyl (C=O) groups excluding carboxylic acids is 2. The Morgan fingerprint density at radius 1 is 1.06 bits per heavy atom. The van der Waals surface area contributed by atoms with Gasteiger partial charge in [-0.05, 0) is 61.5 Å². The van der Waals surface area contributed by atoms with Crippen molar-refractivity contribution in [2.75, 3.05) is 39.9 Å². The smallest absolute Gasteiger partial charge is 0.295 e. The molecular weight excluding hydrogens is 460 g/mol. The fourth-order valence-corrected chi connectivity index (χ4v) is 4.31. The Morgan fingerprint density at radius 2 is 1.75 bits per heavy atom. The van der Waals surface area contributed by atoms with E-state index in [4.69, 9.17) is 9.47 Å². The quantitative estimate of drug-likeness (QED) is 0.195. The molecule has 2 aromatic carbocycles. The van der Waals surface area contributed by atoms with Gasteiger partial charge in [0.05, 0.1) is 25.3 Å². The first-order valence-corrected chi connectivity index (χ1v) is 12.5. The minimum atomic E-state index is -0.824. The number of carbonyl (C=O) groups is 2. The fraction of sp³-hybridized carbons (Fsp3) is 0.429. The van der Waals surface area contributed by atoms with Crippen molar-refractivity contribution in [3.8, 4) is 17.2 Å². The molecular formula is C28H36N2O6. The van der Waals surface area contributed by atoms with Gasteiger partial charge in [-0.3, -0.25) is 9.59 Å². The SMILES string of the molecule is CCCCOc1ccc(/C(O)=C2\C(=O)C(=O)N(CCN(CC)CC)C2c2ccc(O)c(OC)c2)cc1. The van der Waals surface area contributed by atoms with Crippen molar-refractivity contribution in [2.45, 2.75) is 39.7 Å². The molecule has 2 aromatic rings. The molecule has 1 amide bonds. The normalized spacial score (nSPS) is 17.1. The van der Waals surface area contributed by atoms with Gasteiger partial charge in [0.2, 0.25) is 0 Å². The third-order valence-corrected chi connectivity index (χ3v) is 6.51. The summed E-state index contributed by atoms with van der Waals surface area (Å²) in [6, 6.07) is 10.7. The molecule has 0 saturated carbocycles. The zero-order valence-corrected chi connectivity index (χ0v) is 21.5. The topological polar surface area (TPSA) is 99.5 Å². The number of amides is 1. The van der Waals surface area contributed by atoms with Gasteiger partial charge < -0.3 is 29.5 Å². The van der Waals surface area contributed by atoms with E-state index in [9.17, 15) is 19.8 Å². The molecule has 1 unspecified atom stereocenters. The third-order valence-electron chi connectivity index (χ3n) is 6.51. The zero-order valence-electron chi connectivity index (χ0n) is 21.5. The van der Waals surface area contributed by atoms with Crippen LogP contribution in [0.3, 0.4) is 0 Å². The molecule has 1 heterocycles. The van der Waals surface area contributed by atoms with Gasteiger partial charge in [-0.2, -0.15) is 0 Å². The largest absolute Gasteiger partial charge is 0.507 e. The van der Waals surface area contributed by atoms with Crippen molar-refractivity contribution in [3.05, 3.63) is 59.2 Å². The highest BCUT2D eigenvalue weighted by molar-refractivity contribution is 6.46. The lowest BCUT2D eigenvalue weighted by atomic mass is 9.95. The molecule has 0 bridgehead atoms. The lowest BCUT2D eigenvalue weighted by Gasteiger charge is -2.28. The van der Waals surface area contributed by atoms with Gasteiger partial charge in [0.15, 0.2) is 11.5 Å². The van der Waals surface area contributed by atoms with Crippen LogP contribution in [0.15, 0.2) is 48.0 Å². The molecule has 2 N–H and O–H groups in total. The van der Waals surface area contributed by atoms with E-state index < -0.39 is 17.7 Å². The van der Waals surface area contributed by atoms with Crippen LogP contribution in [-0.2, 0) is 9.59 Å². The Balaban J connectivity index is 2.04. The number of ether oxygens (including phenoxy) is 2. The number of ketones is 1. The van der Waals surface area contributed by atoms with Crippen LogP contribution < -0.4 is 9.47 Å². The molecule has 1 aliphatic heterocycles. The monoisotopic (exact) mass is 496 g/mol. The van der Waals surface area contributed by atoms with Crippen LogP contribution in [0.2, 0.25) is 0 Å². The van der Waals surface area contributed by atoms with Crippen molar-refractivity contribution in [3.63, 3.8) is 0 Å². The highest BCUT2D eigenvalue weighted by Gasteiger charge is 2.46. The Kier molecular flexibility index (Phi) is 9.36. The number of rotatable bonds is 12. The number of aliphatic hydroxyl groups is 1. The number of phenolic OH excluding ortho intramolecular Hbond substituents is 1. The van der Waals surface area contributed by atoms with E-state index in [1.165, 1.54) is 18.1 Å². The number of likely N-dealkylation sites (tertiary alicyclic amines) is 1. The molecule has 0 aliphatic carbocycles. The Morgan fingerprint density at radius 3 is 2.36 bits per heavy atom. The van der Waals surface area contributed by atoms with E-state index in [0.717, 1.165) is 25.9 Å². The molecule has 1 atom stereocenters. The average molecular weight is 497 g/mol. The average Bonchev–Trinajstić information content (AvgIpc) is 3.14. The fourth-order valence-electron chi connectivity index (χ4n) is 4.31. The highest BCUT2D eigenvalue weighted by Crippen LogP contribution is 2.41. The molecule has 36 heavy (non-hydrogen) atoms. The summed E-state index contributed by atoms with van der Waals surface area (Å²) in [4.78, 5) is 30.0. The van der Waals surface area contributed by atoms with Crippen molar-refractivity contribution < 1.29 is 29.3 Å². The summed E-state index contributed by atoms with van der Waals surface area (Å²) in [5, 5.41) is 21.4. The predicted octanol–water partition coefficient (Wildman–Crippen LogP) is 4.34. The summed E-state index contributed by atoms with van der Waals surface area (Å²) in [6.07, 6.45) is 1.96. The number of hydrogen-bond acceptors (Lipinski definition) is 7. The van der Waals surface area contributed by atoms with Crippen LogP contribution in [0, 0.1) is 0 Å². The number of aromatic hydroxyl groups is 1. The molecule has 194 valence electrons. The van der Waals surface area contributed by atoms with Crippen LogP contribution >= 0.6 is 0 Å². The number of unbranched alkanes of at least 4 members (excludes halogenated alkanes) is 1. The van der Waals surface area contributed by atoms with Gasteiger partial charge in [-0.1, -0.05) is 33.3 Å². The first-order chi connectivity index (χ1) is 17.4. The molecule has 1 saturated heterocycles. The number of benzene rings is 2. The molecule has 1 fully saturated rings. The molecule has 3 rings (SSSR count). The summed E-state index contributed by atoms with van der Waals surface area (Å²) in [5.41, 5.74) is 0.978. The second-order valence-electron chi connectivity index (χ2n) is 8.68. The maximum atomic E-state index is 13.2. The number of aliphatic hydroxyl groups excluding tert-OH is 1. The Hall–Kier alpha value is -3.52. The van der Waals surface area contributed by atoms with Crippen molar-refractivity contribution in [2.24, 2.45) is 0 Å². The first kappa shape index (κ1) is 27.1. The van der Waals surface area contributed by atoms with Gasteiger partial charge >= 0.3 is 0 Å².